The Labute approximate surface area is 184 Å². The largest absolute Gasteiger partial charge is 0.476 e. The highest BCUT2D eigenvalue weighted by Crippen LogP contribution is 2.34. The molecule has 0 fully saturated rings. The van der Waals surface area contributed by atoms with E-state index < -0.39 is 5.97 Å². The molecule has 3 heterocycles. The van der Waals surface area contributed by atoms with Gasteiger partial charge in [0.25, 0.3) is 0 Å². The number of carbonyl (C=O) groups is 1. The Morgan fingerprint density at radius 3 is 2.52 bits per heavy atom. The molecule has 1 N–H and O–H groups in total. The van der Waals surface area contributed by atoms with Gasteiger partial charge in [0.2, 0.25) is 5.13 Å². The zero-order valence-corrected chi connectivity index (χ0v) is 17.4. The topological polar surface area (TPSA) is 80.9 Å². The minimum Gasteiger partial charge on any atom is -0.476 e. The number of halogens is 1. The molecule has 31 heavy (non-hydrogen) atoms. The van der Waals surface area contributed by atoms with Gasteiger partial charge in [0.1, 0.15) is 16.5 Å². The number of carboxylic acids is 1. The number of rotatable bonds is 5. The third-order valence-corrected chi connectivity index (χ3v) is 6.30. The summed E-state index contributed by atoms with van der Waals surface area (Å²) < 4.78 is 15.6. The van der Waals surface area contributed by atoms with E-state index in [1.165, 1.54) is 34.5 Å². The standard InChI is InChI=1S/C22H13FN4O2S2/c23-15-8-4-5-9-17(15)31-18-11-10-14-19(13-6-2-1-3-7-13)26-27(20(14)25-18)22-24-16(12-30-22)21(28)29/h1-12H,(H,28,29). The maximum Gasteiger partial charge on any atom is 0.355 e. The fourth-order valence-corrected chi connectivity index (χ4v) is 4.63. The average Bonchev–Trinajstić information content (AvgIpc) is 3.41. The van der Waals surface area contributed by atoms with Crippen molar-refractivity contribution < 1.29 is 14.3 Å². The SMILES string of the molecule is O=C(O)c1csc(-n2nc(-c3ccccc3)c3ccc(Sc4ccccc4F)nc32)n1. The van der Waals surface area contributed by atoms with Crippen LogP contribution in [0, 0.1) is 5.82 Å². The molecule has 152 valence electrons. The van der Waals surface area contributed by atoms with E-state index in [0.717, 1.165) is 10.9 Å². The van der Waals surface area contributed by atoms with E-state index in [1.807, 2.05) is 42.5 Å². The van der Waals surface area contributed by atoms with Gasteiger partial charge in [-0.25, -0.2) is 19.2 Å². The van der Waals surface area contributed by atoms with Gasteiger partial charge < -0.3 is 5.11 Å². The van der Waals surface area contributed by atoms with E-state index in [9.17, 15) is 14.3 Å². The van der Waals surface area contributed by atoms with Crippen molar-refractivity contribution in [3.8, 4) is 16.4 Å². The Morgan fingerprint density at radius 1 is 1.00 bits per heavy atom. The fourth-order valence-electron chi connectivity index (χ4n) is 3.08. The van der Waals surface area contributed by atoms with E-state index in [4.69, 9.17) is 10.1 Å². The van der Waals surface area contributed by atoms with Crippen molar-refractivity contribution in [2.24, 2.45) is 0 Å². The Bertz CT molecular complexity index is 1420. The molecule has 3 aromatic heterocycles. The molecule has 0 saturated carbocycles. The van der Waals surface area contributed by atoms with Gasteiger partial charge in [-0.05, 0) is 24.3 Å². The number of nitrogens with zero attached hydrogens (tertiary/aromatic N) is 4. The van der Waals surface area contributed by atoms with E-state index >= 15 is 0 Å². The molecule has 5 rings (SSSR count). The molecule has 0 bridgehead atoms. The molecule has 0 spiro atoms. The minimum absolute atomic E-state index is 0.0539. The van der Waals surface area contributed by atoms with E-state index in [-0.39, 0.29) is 11.5 Å². The molecule has 9 heteroatoms. The second-order valence-electron chi connectivity index (χ2n) is 6.50. The van der Waals surface area contributed by atoms with Gasteiger partial charge in [0.05, 0.1) is 0 Å². The third kappa shape index (κ3) is 3.69. The monoisotopic (exact) mass is 448 g/mol. The van der Waals surface area contributed by atoms with Crippen LogP contribution in [0.3, 0.4) is 0 Å². The summed E-state index contributed by atoms with van der Waals surface area (Å²) in [7, 11) is 0. The van der Waals surface area contributed by atoms with Crippen LogP contribution in [0.5, 0.6) is 0 Å². The van der Waals surface area contributed by atoms with Crippen molar-refractivity contribution in [3.05, 3.63) is 83.6 Å². The summed E-state index contributed by atoms with van der Waals surface area (Å²) in [6, 6.07) is 19.9. The molecular weight excluding hydrogens is 435 g/mol. The molecule has 0 aliphatic heterocycles. The lowest BCUT2D eigenvalue weighted by atomic mass is 10.1. The van der Waals surface area contributed by atoms with Crippen LogP contribution >= 0.6 is 23.1 Å². The van der Waals surface area contributed by atoms with Gasteiger partial charge in [-0.3, -0.25) is 0 Å². The molecule has 0 saturated heterocycles. The predicted molar refractivity (Wildman–Crippen MR) is 117 cm³/mol. The highest BCUT2D eigenvalue weighted by atomic mass is 32.2. The molecule has 0 unspecified atom stereocenters. The second kappa shape index (κ2) is 7.93. The smallest absolute Gasteiger partial charge is 0.355 e. The number of hydrogen-bond donors (Lipinski definition) is 1. The van der Waals surface area contributed by atoms with Gasteiger partial charge >= 0.3 is 5.97 Å². The third-order valence-electron chi connectivity index (χ3n) is 4.50. The van der Waals surface area contributed by atoms with Crippen molar-refractivity contribution >= 4 is 40.1 Å². The fraction of sp³-hybridized carbons (Fsp3) is 0. The molecule has 5 aromatic rings. The first-order chi connectivity index (χ1) is 15.1. The van der Waals surface area contributed by atoms with Gasteiger partial charge in [0.15, 0.2) is 11.3 Å². The molecule has 0 atom stereocenters. The average molecular weight is 449 g/mol. The highest BCUT2D eigenvalue weighted by Gasteiger charge is 2.19. The Balaban J connectivity index is 1.68. The zero-order chi connectivity index (χ0) is 21.4. The maximum atomic E-state index is 14.1. The Hall–Kier alpha value is -3.56. The minimum atomic E-state index is -1.11. The molecule has 0 radical (unpaired) electrons. The van der Waals surface area contributed by atoms with Crippen molar-refractivity contribution in [1.29, 1.82) is 0 Å². The molecule has 0 aliphatic rings. The number of aromatic nitrogens is 4. The number of fused-ring (bicyclic) bond motifs is 1. The van der Waals surface area contributed by atoms with Crippen LogP contribution in [-0.4, -0.2) is 30.8 Å². The van der Waals surface area contributed by atoms with Gasteiger partial charge in [-0.2, -0.15) is 9.78 Å². The summed E-state index contributed by atoms with van der Waals surface area (Å²) in [5.41, 5.74) is 2.07. The van der Waals surface area contributed by atoms with Gasteiger partial charge in [0, 0.05) is 21.2 Å². The summed E-state index contributed by atoms with van der Waals surface area (Å²) >= 11 is 2.38. The van der Waals surface area contributed by atoms with Crippen LogP contribution in [0.4, 0.5) is 4.39 Å². The van der Waals surface area contributed by atoms with Gasteiger partial charge in [-0.1, -0.05) is 54.2 Å². The maximum absolute atomic E-state index is 14.1. The van der Waals surface area contributed by atoms with Crippen LogP contribution in [-0.2, 0) is 0 Å². The van der Waals surface area contributed by atoms with Crippen LogP contribution < -0.4 is 0 Å². The summed E-state index contributed by atoms with van der Waals surface area (Å²) in [6.07, 6.45) is 0. The number of pyridine rings is 1. The van der Waals surface area contributed by atoms with Crippen LogP contribution in [0.2, 0.25) is 0 Å². The number of hydrogen-bond acceptors (Lipinski definition) is 6. The highest BCUT2D eigenvalue weighted by molar-refractivity contribution is 7.99. The number of thiazole rings is 1. The second-order valence-corrected chi connectivity index (χ2v) is 8.40. The first kappa shape index (κ1) is 19.4. The number of carboxylic acid groups (broad SMARTS) is 1. The summed E-state index contributed by atoms with van der Waals surface area (Å²) in [5, 5.41) is 17.2. The molecule has 0 aliphatic carbocycles. The van der Waals surface area contributed by atoms with Crippen molar-refractivity contribution in [2.45, 2.75) is 9.92 Å². The Kier molecular flexibility index (Phi) is 4.97. The molecule has 0 amide bonds. The number of aromatic carboxylic acids is 1. The zero-order valence-electron chi connectivity index (χ0n) is 15.8. The lowest BCUT2D eigenvalue weighted by molar-refractivity contribution is 0.0691. The summed E-state index contributed by atoms with van der Waals surface area (Å²) in [5.74, 6) is -1.43. The van der Waals surface area contributed by atoms with E-state index in [1.54, 1.807) is 22.9 Å². The lowest BCUT2D eigenvalue weighted by Gasteiger charge is -2.03. The molecule has 2 aromatic carbocycles. The Morgan fingerprint density at radius 2 is 1.77 bits per heavy atom. The van der Waals surface area contributed by atoms with Crippen LogP contribution in [0.25, 0.3) is 27.4 Å². The first-order valence-corrected chi connectivity index (χ1v) is 10.9. The summed E-state index contributed by atoms with van der Waals surface area (Å²) in [4.78, 5) is 20.6. The van der Waals surface area contributed by atoms with Crippen molar-refractivity contribution in [3.63, 3.8) is 0 Å². The lowest BCUT2D eigenvalue weighted by Crippen LogP contribution is -2.01. The number of benzene rings is 2. The quantitative estimate of drug-likeness (QED) is 0.381. The van der Waals surface area contributed by atoms with E-state index in [0.29, 0.717) is 26.4 Å². The van der Waals surface area contributed by atoms with Crippen molar-refractivity contribution in [1.82, 2.24) is 19.7 Å². The summed E-state index contributed by atoms with van der Waals surface area (Å²) in [6.45, 7) is 0. The first-order valence-electron chi connectivity index (χ1n) is 9.17. The van der Waals surface area contributed by atoms with E-state index in [2.05, 4.69) is 4.98 Å². The van der Waals surface area contributed by atoms with Crippen molar-refractivity contribution in [2.75, 3.05) is 0 Å². The van der Waals surface area contributed by atoms with Crippen LogP contribution in [0.1, 0.15) is 10.5 Å². The molecular formula is C22H13FN4O2S2. The van der Waals surface area contributed by atoms with Crippen LogP contribution in [0.15, 0.2) is 82.0 Å². The van der Waals surface area contributed by atoms with Gasteiger partial charge in [-0.15, -0.1) is 11.3 Å². The molecule has 6 nitrogen and oxygen atoms in total. The predicted octanol–water partition coefficient (Wildman–Crippen LogP) is 5.53. The normalized spacial score (nSPS) is 11.1.